The summed E-state index contributed by atoms with van der Waals surface area (Å²) in [5, 5.41) is 21.4. The molecule has 0 unspecified atom stereocenters. The number of rotatable bonds is 16. The summed E-state index contributed by atoms with van der Waals surface area (Å²) >= 11 is 0. The van der Waals surface area contributed by atoms with Crippen molar-refractivity contribution in [3.05, 3.63) is 215 Å². The van der Waals surface area contributed by atoms with Crippen molar-refractivity contribution in [2.45, 2.75) is 59.8 Å². The van der Waals surface area contributed by atoms with Crippen LogP contribution in [0.3, 0.4) is 0 Å². The van der Waals surface area contributed by atoms with Crippen LogP contribution in [0.2, 0.25) is 0 Å². The maximum absolute atomic E-state index is 10.7. The van der Waals surface area contributed by atoms with E-state index in [0.717, 1.165) is 29.0 Å². The zero-order valence-electron chi connectivity index (χ0n) is 36.6. The molecule has 2 heterocycles. The SMILES string of the molecule is CCO[n+]1ccccc1Oc1cccc(C)c1C.CCO[n+]1ccccc1Oc1cccc(C)c1C.[O-]B([O-])OCCCC(c1ccccc1)(c1ccccc1)c1ccccc1. The van der Waals surface area contributed by atoms with Gasteiger partial charge in [0.05, 0.1) is 19.5 Å². The van der Waals surface area contributed by atoms with Gasteiger partial charge in [0.15, 0.2) is 13.2 Å². The molecule has 62 heavy (non-hydrogen) atoms. The molecular weight excluding hydrogens is 775 g/mol. The Hall–Kier alpha value is -6.46. The van der Waals surface area contributed by atoms with Gasteiger partial charge in [-0.05, 0) is 118 Å². The lowest BCUT2D eigenvalue weighted by Crippen LogP contribution is -2.48. The van der Waals surface area contributed by atoms with Gasteiger partial charge in [-0.25, -0.2) is 0 Å². The third kappa shape index (κ3) is 12.8. The first-order chi connectivity index (χ1) is 30.2. The second-order valence-corrected chi connectivity index (χ2v) is 14.4. The van der Waals surface area contributed by atoms with E-state index >= 15 is 0 Å². The molecule has 7 rings (SSSR count). The van der Waals surface area contributed by atoms with Crippen LogP contribution < -0.4 is 38.7 Å². The van der Waals surface area contributed by atoms with E-state index in [1.807, 2.05) is 142 Å². The van der Waals surface area contributed by atoms with Crippen molar-refractivity contribution in [2.24, 2.45) is 0 Å². The molecule has 10 heteroatoms. The van der Waals surface area contributed by atoms with Gasteiger partial charge in [0.25, 0.3) is 0 Å². The highest BCUT2D eigenvalue weighted by Gasteiger charge is 2.35. The van der Waals surface area contributed by atoms with Crippen molar-refractivity contribution in [3.8, 4) is 23.3 Å². The Labute approximate surface area is 367 Å². The van der Waals surface area contributed by atoms with Gasteiger partial charge < -0.3 is 24.2 Å². The lowest BCUT2D eigenvalue weighted by atomic mass is 9.67. The molecule has 0 bridgehead atoms. The highest BCUT2D eigenvalue weighted by molar-refractivity contribution is 6.28. The zero-order chi connectivity index (χ0) is 44.2. The van der Waals surface area contributed by atoms with E-state index in [0.29, 0.717) is 31.4 Å². The van der Waals surface area contributed by atoms with Crippen molar-refractivity contribution in [1.82, 2.24) is 0 Å². The Kier molecular flexibility index (Phi) is 18.1. The van der Waals surface area contributed by atoms with E-state index in [9.17, 15) is 10.0 Å². The molecule has 0 fully saturated rings. The normalized spacial score (nSPS) is 10.6. The third-order valence-electron chi connectivity index (χ3n) is 10.4. The Morgan fingerprint density at radius 1 is 0.484 bits per heavy atom. The largest absolute Gasteiger partial charge is 0.871 e. The fraction of sp³-hybridized carbons (Fsp3) is 0.231. The molecule has 9 nitrogen and oxygen atoms in total. The van der Waals surface area contributed by atoms with Gasteiger partial charge in [0.2, 0.25) is 12.4 Å². The van der Waals surface area contributed by atoms with E-state index in [1.165, 1.54) is 27.8 Å². The molecule has 0 radical (unpaired) electrons. The minimum absolute atomic E-state index is 0.159. The molecule has 0 amide bonds. The fourth-order valence-electron chi connectivity index (χ4n) is 6.99. The highest BCUT2D eigenvalue weighted by atomic mass is 16.7. The number of aryl methyl sites for hydroxylation is 2. The average molecular weight is 833 g/mol. The van der Waals surface area contributed by atoms with Crippen LogP contribution in [-0.4, -0.2) is 27.1 Å². The van der Waals surface area contributed by atoms with E-state index in [2.05, 4.69) is 76.2 Å². The van der Waals surface area contributed by atoms with Crippen LogP contribution in [0, 0.1) is 27.7 Å². The number of ether oxygens (including phenoxy) is 2. The Bertz CT molecular complexity index is 2190. The summed E-state index contributed by atoms with van der Waals surface area (Å²) in [7, 11) is -2.23. The van der Waals surface area contributed by atoms with Crippen LogP contribution in [0.5, 0.6) is 23.3 Å². The van der Waals surface area contributed by atoms with Gasteiger partial charge in [-0.15, -0.1) is 0 Å². The quantitative estimate of drug-likeness (QED) is 0.0419. The maximum Gasteiger partial charge on any atom is 0.422 e. The fourth-order valence-corrected chi connectivity index (χ4v) is 6.99. The number of hydrogen-bond donors (Lipinski definition) is 0. The van der Waals surface area contributed by atoms with Crippen molar-refractivity contribution >= 4 is 7.32 Å². The molecular formula is C52H57BN2O7. The predicted molar refractivity (Wildman–Crippen MR) is 240 cm³/mol. The van der Waals surface area contributed by atoms with E-state index in [4.69, 9.17) is 23.8 Å². The Morgan fingerprint density at radius 2 is 0.871 bits per heavy atom. The van der Waals surface area contributed by atoms with Gasteiger partial charge in [0, 0.05) is 33.6 Å². The number of nitrogens with zero attached hydrogens (tertiary/aromatic N) is 2. The molecule has 5 aromatic carbocycles. The first kappa shape index (κ1) is 46.6. The average Bonchev–Trinajstić information content (AvgIpc) is 3.30. The zero-order valence-corrected chi connectivity index (χ0v) is 36.6. The standard InChI is InChI=1S/C22H21BO3.2C15H18NO2/c24-23(25)26-18-10-17-22(19-11-4-1-5-12-19,20-13-6-2-7-14-20)21-15-8-3-9-16-21;2*1-4-17-16-11-6-5-10-15(16)18-14-9-7-8-12(2)13(14)3/h1-9,11-16H,10,17-18H2;2*5-11H,4H2,1-3H3/q-2;2*+1. The number of pyridine rings is 2. The summed E-state index contributed by atoms with van der Waals surface area (Å²) in [6.07, 6.45) is 5.02. The van der Waals surface area contributed by atoms with Gasteiger partial charge in [-0.2, -0.15) is 0 Å². The van der Waals surface area contributed by atoms with E-state index in [-0.39, 0.29) is 12.0 Å². The molecule has 0 atom stereocenters. The lowest BCUT2D eigenvalue weighted by Gasteiger charge is -2.37. The Balaban J connectivity index is 0.000000181. The van der Waals surface area contributed by atoms with Gasteiger partial charge >= 0.3 is 11.8 Å². The van der Waals surface area contributed by atoms with Crippen molar-refractivity contribution < 1.29 is 43.3 Å². The highest BCUT2D eigenvalue weighted by Crippen LogP contribution is 2.43. The van der Waals surface area contributed by atoms with Crippen LogP contribution in [-0.2, 0) is 10.1 Å². The minimum Gasteiger partial charge on any atom is -0.871 e. The van der Waals surface area contributed by atoms with Gasteiger partial charge in [-0.3, -0.25) is 9.68 Å². The van der Waals surface area contributed by atoms with Crippen molar-refractivity contribution in [3.63, 3.8) is 0 Å². The van der Waals surface area contributed by atoms with Crippen molar-refractivity contribution in [2.75, 3.05) is 19.8 Å². The molecule has 0 N–H and O–H groups in total. The number of benzene rings is 5. The van der Waals surface area contributed by atoms with Crippen LogP contribution in [0.15, 0.2) is 176 Å². The Morgan fingerprint density at radius 3 is 1.24 bits per heavy atom. The lowest BCUT2D eigenvalue weighted by molar-refractivity contribution is -0.892. The number of aromatic nitrogens is 2. The maximum atomic E-state index is 10.7. The third-order valence-corrected chi connectivity index (χ3v) is 10.4. The summed E-state index contributed by atoms with van der Waals surface area (Å²) in [5.41, 5.74) is 7.88. The topological polar surface area (TPSA) is 100 Å². The molecule has 0 saturated heterocycles. The summed E-state index contributed by atoms with van der Waals surface area (Å²) < 4.78 is 19.8. The second-order valence-electron chi connectivity index (χ2n) is 14.4. The van der Waals surface area contributed by atoms with Gasteiger partial charge in [0.1, 0.15) is 11.5 Å². The monoisotopic (exact) mass is 832 g/mol. The summed E-state index contributed by atoms with van der Waals surface area (Å²) in [6.45, 7) is 13.5. The van der Waals surface area contributed by atoms with Crippen LogP contribution in [0.1, 0.15) is 65.6 Å². The second kappa shape index (κ2) is 24.1. The molecule has 0 aliphatic rings. The van der Waals surface area contributed by atoms with Crippen LogP contribution in [0.25, 0.3) is 0 Å². The summed E-state index contributed by atoms with van der Waals surface area (Å²) in [4.78, 5) is 10.9. The van der Waals surface area contributed by atoms with Crippen LogP contribution >= 0.6 is 0 Å². The number of hydrogen-bond acceptors (Lipinski definition) is 7. The molecule has 7 aromatic rings. The molecule has 0 aliphatic carbocycles. The summed E-state index contributed by atoms with van der Waals surface area (Å²) in [5.74, 6) is 3.06. The minimum atomic E-state index is -2.23. The first-order valence-corrected chi connectivity index (χ1v) is 21.0. The van der Waals surface area contributed by atoms with E-state index in [1.54, 1.807) is 9.46 Å². The summed E-state index contributed by atoms with van der Waals surface area (Å²) in [6, 6.07) is 54.5. The van der Waals surface area contributed by atoms with E-state index < -0.39 is 7.32 Å². The molecule has 0 spiro atoms. The van der Waals surface area contributed by atoms with Crippen LogP contribution in [0.4, 0.5) is 0 Å². The predicted octanol–water partition coefficient (Wildman–Crippen LogP) is 8.19. The molecule has 0 saturated carbocycles. The smallest absolute Gasteiger partial charge is 0.422 e. The first-order valence-electron chi connectivity index (χ1n) is 21.0. The molecule has 320 valence electrons. The molecule has 0 aliphatic heterocycles. The van der Waals surface area contributed by atoms with Gasteiger partial charge in [-0.1, -0.05) is 115 Å². The molecule has 2 aromatic heterocycles. The van der Waals surface area contributed by atoms with Crippen molar-refractivity contribution in [1.29, 1.82) is 0 Å².